The molecule has 0 aromatic heterocycles. The average Bonchev–Trinajstić information content (AvgIpc) is 3.07. The Bertz CT molecular complexity index is 1060. The highest BCUT2D eigenvalue weighted by Gasteiger charge is 2.26. The van der Waals surface area contributed by atoms with E-state index < -0.39 is 32.7 Å². The van der Waals surface area contributed by atoms with Crippen LogP contribution < -0.4 is 14.9 Å². The number of sulfonamides is 1. The number of anilines is 2. The van der Waals surface area contributed by atoms with Gasteiger partial charge in [0.05, 0.1) is 16.8 Å². The average molecular weight is 440 g/mol. The Hall–Kier alpha value is -2.49. The van der Waals surface area contributed by atoms with Gasteiger partial charge >= 0.3 is 0 Å². The molecule has 1 fully saturated rings. The van der Waals surface area contributed by atoms with Crippen molar-refractivity contribution in [3.05, 3.63) is 53.3 Å². The molecule has 1 aliphatic rings. The molecular formula is C19H19ClFN3O4S. The van der Waals surface area contributed by atoms with Gasteiger partial charge < -0.3 is 10.2 Å². The predicted molar refractivity (Wildman–Crippen MR) is 108 cm³/mol. The monoisotopic (exact) mass is 439 g/mol. The maximum atomic E-state index is 13.8. The van der Waals surface area contributed by atoms with E-state index in [4.69, 9.17) is 11.6 Å². The van der Waals surface area contributed by atoms with Crippen molar-refractivity contribution < 1.29 is 22.4 Å². The summed E-state index contributed by atoms with van der Waals surface area (Å²) < 4.78 is 40.5. The summed E-state index contributed by atoms with van der Waals surface area (Å²) in [6, 6.07) is 8.40. The van der Waals surface area contributed by atoms with Crippen LogP contribution in [0.3, 0.4) is 0 Å². The molecule has 2 aromatic rings. The van der Waals surface area contributed by atoms with E-state index in [0.717, 1.165) is 18.6 Å². The molecule has 1 saturated heterocycles. The van der Waals surface area contributed by atoms with Crippen molar-refractivity contribution in [2.24, 2.45) is 0 Å². The second-order valence-electron chi connectivity index (χ2n) is 6.58. The summed E-state index contributed by atoms with van der Waals surface area (Å²) in [4.78, 5) is 25.3. The molecule has 7 nitrogen and oxygen atoms in total. The fourth-order valence-electron chi connectivity index (χ4n) is 2.97. The van der Waals surface area contributed by atoms with Crippen LogP contribution in [-0.2, 0) is 19.6 Å². The Balaban J connectivity index is 1.69. The molecule has 1 atom stereocenters. The minimum atomic E-state index is -4.22. The van der Waals surface area contributed by atoms with E-state index in [-0.39, 0.29) is 10.9 Å². The first-order valence-electron chi connectivity index (χ1n) is 8.86. The van der Waals surface area contributed by atoms with Crippen molar-refractivity contribution in [2.45, 2.75) is 30.7 Å². The Kier molecular flexibility index (Phi) is 6.21. The van der Waals surface area contributed by atoms with E-state index in [0.29, 0.717) is 24.3 Å². The molecule has 154 valence electrons. The van der Waals surface area contributed by atoms with E-state index in [1.807, 2.05) is 0 Å². The summed E-state index contributed by atoms with van der Waals surface area (Å²) >= 11 is 6.24. The molecule has 1 unspecified atom stereocenters. The van der Waals surface area contributed by atoms with Crippen molar-refractivity contribution >= 4 is 44.8 Å². The number of benzene rings is 2. The first-order chi connectivity index (χ1) is 13.7. The van der Waals surface area contributed by atoms with Gasteiger partial charge in [-0.25, -0.2) is 12.8 Å². The second-order valence-corrected chi connectivity index (χ2v) is 8.67. The van der Waals surface area contributed by atoms with Crippen LogP contribution in [0.5, 0.6) is 0 Å². The minimum absolute atomic E-state index is 0.0140. The number of amides is 2. The topological polar surface area (TPSA) is 95.6 Å². The molecule has 10 heteroatoms. The van der Waals surface area contributed by atoms with Crippen LogP contribution in [0.25, 0.3) is 0 Å². The maximum absolute atomic E-state index is 13.8. The van der Waals surface area contributed by atoms with Gasteiger partial charge in [0.2, 0.25) is 21.8 Å². The van der Waals surface area contributed by atoms with E-state index in [1.165, 1.54) is 25.1 Å². The lowest BCUT2D eigenvalue weighted by molar-refractivity contribution is -0.118. The lowest BCUT2D eigenvalue weighted by Gasteiger charge is -2.19. The molecule has 0 aliphatic carbocycles. The van der Waals surface area contributed by atoms with Crippen LogP contribution in [0.4, 0.5) is 15.8 Å². The minimum Gasteiger partial charge on any atom is -0.325 e. The third kappa shape index (κ3) is 4.75. The van der Waals surface area contributed by atoms with Crippen molar-refractivity contribution in [1.29, 1.82) is 0 Å². The van der Waals surface area contributed by atoms with E-state index in [1.54, 1.807) is 17.0 Å². The number of hydrogen-bond acceptors (Lipinski definition) is 4. The normalized spacial score (nSPS) is 15.4. The van der Waals surface area contributed by atoms with Gasteiger partial charge in [0.1, 0.15) is 10.7 Å². The van der Waals surface area contributed by atoms with Crippen molar-refractivity contribution in [2.75, 3.05) is 16.8 Å². The standard InChI is InChI=1S/C19H19ClFN3O4S/c1-12(23-29(27,28)17-6-3-2-5-15(17)21)19(26)22-13-8-9-16(14(20)11-13)24-10-4-7-18(24)25/h2-3,5-6,8-9,11-12,23H,4,7,10H2,1H3,(H,22,26). The molecule has 2 aromatic carbocycles. The summed E-state index contributed by atoms with van der Waals surface area (Å²) in [6.45, 7) is 1.92. The Labute approximate surface area is 172 Å². The van der Waals surface area contributed by atoms with Gasteiger partial charge in [-0.1, -0.05) is 23.7 Å². The largest absolute Gasteiger partial charge is 0.325 e. The van der Waals surface area contributed by atoms with E-state index >= 15 is 0 Å². The van der Waals surface area contributed by atoms with Crippen LogP contribution >= 0.6 is 11.6 Å². The second kappa shape index (κ2) is 8.48. The van der Waals surface area contributed by atoms with Crippen LogP contribution in [0.1, 0.15) is 19.8 Å². The van der Waals surface area contributed by atoms with Crippen molar-refractivity contribution in [1.82, 2.24) is 4.72 Å². The van der Waals surface area contributed by atoms with E-state index in [9.17, 15) is 22.4 Å². The molecule has 0 bridgehead atoms. The van der Waals surface area contributed by atoms with Gasteiger partial charge in [-0.05, 0) is 43.7 Å². The first-order valence-corrected chi connectivity index (χ1v) is 10.7. The number of carbonyl (C=O) groups excluding carboxylic acids is 2. The smallest absolute Gasteiger partial charge is 0.244 e. The summed E-state index contributed by atoms with van der Waals surface area (Å²) in [5, 5.41) is 2.84. The van der Waals surface area contributed by atoms with Gasteiger partial charge in [-0.15, -0.1) is 0 Å². The van der Waals surface area contributed by atoms with Crippen LogP contribution in [0, 0.1) is 5.82 Å². The zero-order valence-corrected chi connectivity index (χ0v) is 17.1. The first kappa shape index (κ1) is 21.2. The van der Waals surface area contributed by atoms with Crippen molar-refractivity contribution in [3.8, 4) is 0 Å². The molecule has 0 saturated carbocycles. The highest BCUT2D eigenvalue weighted by Crippen LogP contribution is 2.31. The summed E-state index contributed by atoms with van der Waals surface area (Å²) in [6.07, 6.45) is 1.22. The van der Waals surface area contributed by atoms with E-state index in [2.05, 4.69) is 10.0 Å². The molecule has 2 amide bonds. The zero-order valence-electron chi connectivity index (χ0n) is 15.5. The molecule has 3 rings (SSSR count). The van der Waals surface area contributed by atoms with Gasteiger partial charge in [-0.3, -0.25) is 9.59 Å². The lowest BCUT2D eigenvalue weighted by Crippen LogP contribution is -2.41. The van der Waals surface area contributed by atoms with Crippen LogP contribution in [-0.4, -0.2) is 32.8 Å². The maximum Gasteiger partial charge on any atom is 0.244 e. The Morgan fingerprint density at radius 1 is 1.24 bits per heavy atom. The van der Waals surface area contributed by atoms with Gasteiger partial charge in [0.25, 0.3) is 0 Å². The lowest BCUT2D eigenvalue weighted by atomic mass is 10.2. The summed E-state index contributed by atoms with van der Waals surface area (Å²) in [5.74, 6) is -1.57. The quantitative estimate of drug-likeness (QED) is 0.723. The summed E-state index contributed by atoms with van der Waals surface area (Å²) in [5.41, 5.74) is 0.896. The molecule has 0 radical (unpaired) electrons. The molecule has 0 spiro atoms. The predicted octanol–water partition coefficient (Wildman–Crippen LogP) is 2.91. The highest BCUT2D eigenvalue weighted by atomic mass is 35.5. The molecule has 1 heterocycles. The summed E-state index contributed by atoms with van der Waals surface area (Å²) in [7, 11) is -4.22. The number of nitrogens with one attached hydrogen (secondary N) is 2. The third-order valence-electron chi connectivity index (χ3n) is 4.43. The zero-order chi connectivity index (χ0) is 21.2. The highest BCUT2D eigenvalue weighted by molar-refractivity contribution is 7.89. The third-order valence-corrected chi connectivity index (χ3v) is 6.31. The Morgan fingerprint density at radius 3 is 2.59 bits per heavy atom. The fourth-order valence-corrected chi connectivity index (χ4v) is 4.53. The SMILES string of the molecule is CC(NS(=O)(=O)c1ccccc1F)C(=O)Nc1ccc(N2CCCC2=O)c(Cl)c1. The number of nitrogens with zero attached hydrogens (tertiary/aromatic N) is 1. The van der Waals surface area contributed by atoms with Gasteiger partial charge in [-0.2, -0.15) is 4.72 Å². The number of hydrogen-bond donors (Lipinski definition) is 2. The molecule has 1 aliphatic heterocycles. The number of rotatable bonds is 6. The molecule has 2 N–H and O–H groups in total. The molecular weight excluding hydrogens is 421 g/mol. The van der Waals surface area contributed by atoms with Gasteiger partial charge in [0.15, 0.2) is 0 Å². The Morgan fingerprint density at radius 2 is 1.97 bits per heavy atom. The van der Waals surface area contributed by atoms with Crippen LogP contribution in [0.15, 0.2) is 47.4 Å². The number of halogens is 2. The molecule has 29 heavy (non-hydrogen) atoms. The fraction of sp³-hybridized carbons (Fsp3) is 0.263. The van der Waals surface area contributed by atoms with Gasteiger partial charge in [0, 0.05) is 18.7 Å². The van der Waals surface area contributed by atoms with Crippen LogP contribution in [0.2, 0.25) is 5.02 Å². The number of carbonyl (C=O) groups is 2. The van der Waals surface area contributed by atoms with Crippen molar-refractivity contribution in [3.63, 3.8) is 0 Å².